The third-order valence-corrected chi connectivity index (χ3v) is 8.94. The zero-order valence-electron chi connectivity index (χ0n) is 13.5. The van der Waals surface area contributed by atoms with Crippen molar-refractivity contribution in [2.75, 3.05) is 0 Å². The van der Waals surface area contributed by atoms with E-state index < -0.39 is 25.8 Å². The summed E-state index contributed by atoms with van der Waals surface area (Å²) >= 11 is 0. The summed E-state index contributed by atoms with van der Waals surface area (Å²) in [6.45, 7) is 10.1. The van der Waals surface area contributed by atoms with E-state index in [4.69, 9.17) is 4.43 Å². The third-order valence-electron chi connectivity index (χ3n) is 4.58. The highest BCUT2D eigenvalue weighted by atomic mass is 28.4. The van der Waals surface area contributed by atoms with Gasteiger partial charge in [0.2, 0.25) is 8.32 Å². The molecule has 2 rings (SSSR count). The molecule has 0 atom stereocenters. The Bertz CT molecular complexity index is 613. The maximum Gasteiger partial charge on any atom is 0.417 e. The molecule has 0 saturated heterocycles. The molecule has 1 aromatic carbocycles. The summed E-state index contributed by atoms with van der Waals surface area (Å²) in [5, 5.41) is -0.111. The average Bonchev–Trinajstić information content (AvgIpc) is 2.67. The molecular weight excluding hydrogens is 309 g/mol. The van der Waals surface area contributed by atoms with Crippen LogP contribution in [0.5, 0.6) is 5.75 Å². The second-order valence-electron chi connectivity index (χ2n) is 7.29. The summed E-state index contributed by atoms with van der Waals surface area (Å²) in [4.78, 5) is 11.8. The van der Waals surface area contributed by atoms with Gasteiger partial charge in [-0.05, 0) is 42.2 Å². The van der Waals surface area contributed by atoms with Crippen molar-refractivity contribution in [3.63, 3.8) is 0 Å². The molecule has 1 aromatic rings. The first-order valence-electron chi connectivity index (χ1n) is 7.29. The monoisotopic (exact) mass is 330 g/mol. The van der Waals surface area contributed by atoms with Crippen LogP contribution in [-0.2, 0) is 12.6 Å². The fourth-order valence-electron chi connectivity index (χ4n) is 2.30. The topological polar surface area (TPSA) is 26.3 Å². The number of halogens is 3. The molecule has 2 nitrogen and oxygen atoms in total. The van der Waals surface area contributed by atoms with Crippen molar-refractivity contribution >= 4 is 14.1 Å². The van der Waals surface area contributed by atoms with Gasteiger partial charge in [0.15, 0.2) is 5.78 Å². The van der Waals surface area contributed by atoms with Crippen molar-refractivity contribution in [1.29, 1.82) is 0 Å². The quantitative estimate of drug-likeness (QED) is 0.695. The number of benzene rings is 1. The van der Waals surface area contributed by atoms with Gasteiger partial charge in [0.05, 0.1) is 5.56 Å². The Balaban J connectivity index is 2.51. The zero-order chi connectivity index (χ0) is 16.9. The van der Waals surface area contributed by atoms with Gasteiger partial charge in [-0.1, -0.05) is 20.8 Å². The molecular formula is C16H21F3O2Si. The Hall–Kier alpha value is -1.30. The van der Waals surface area contributed by atoms with E-state index in [-0.39, 0.29) is 22.8 Å². The minimum atomic E-state index is -4.54. The Morgan fingerprint density at radius 2 is 1.68 bits per heavy atom. The van der Waals surface area contributed by atoms with E-state index in [0.29, 0.717) is 12.0 Å². The summed E-state index contributed by atoms with van der Waals surface area (Å²) in [7, 11) is -2.23. The number of alkyl halides is 3. The third kappa shape index (κ3) is 3.07. The highest BCUT2D eigenvalue weighted by Crippen LogP contribution is 2.42. The van der Waals surface area contributed by atoms with E-state index >= 15 is 0 Å². The van der Waals surface area contributed by atoms with Gasteiger partial charge in [0, 0.05) is 12.0 Å². The van der Waals surface area contributed by atoms with E-state index in [1.165, 1.54) is 0 Å². The molecule has 1 aliphatic carbocycles. The van der Waals surface area contributed by atoms with Crippen molar-refractivity contribution in [3.05, 3.63) is 28.8 Å². The number of carbonyl (C=O) groups excluding carboxylic acids is 1. The first-order chi connectivity index (χ1) is 9.83. The molecule has 122 valence electrons. The van der Waals surface area contributed by atoms with Crippen LogP contribution in [0.3, 0.4) is 0 Å². The summed E-state index contributed by atoms with van der Waals surface area (Å²) in [6, 6.07) is 2.60. The van der Waals surface area contributed by atoms with Gasteiger partial charge < -0.3 is 4.43 Å². The molecule has 0 aliphatic heterocycles. The molecule has 6 heteroatoms. The predicted molar refractivity (Wildman–Crippen MR) is 81.9 cm³/mol. The highest BCUT2D eigenvalue weighted by molar-refractivity contribution is 6.74. The Morgan fingerprint density at radius 1 is 1.09 bits per heavy atom. The average molecular weight is 330 g/mol. The van der Waals surface area contributed by atoms with Crippen molar-refractivity contribution in [2.24, 2.45) is 0 Å². The highest BCUT2D eigenvalue weighted by Gasteiger charge is 2.42. The van der Waals surface area contributed by atoms with Gasteiger partial charge in [-0.2, -0.15) is 13.2 Å². The van der Waals surface area contributed by atoms with E-state index in [1.807, 2.05) is 33.9 Å². The molecule has 0 unspecified atom stereocenters. The lowest BCUT2D eigenvalue weighted by molar-refractivity contribution is -0.138. The molecule has 0 saturated carbocycles. The van der Waals surface area contributed by atoms with E-state index in [2.05, 4.69) is 0 Å². The van der Waals surface area contributed by atoms with Crippen molar-refractivity contribution in [1.82, 2.24) is 0 Å². The minimum Gasteiger partial charge on any atom is -0.543 e. The molecule has 0 amide bonds. The number of aryl methyl sites for hydroxylation is 1. The standard InChI is InChI=1S/C16H21F3O2Si/c1-15(2,3)22(4,5)21-11-8-10-6-7-13(20)14(10)12(9-11)16(17,18)19/h8-9H,6-7H2,1-5H3. The first kappa shape index (κ1) is 17.1. The van der Waals surface area contributed by atoms with Crippen molar-refractivity contribution in [2.45, 2.75) is 57.9 Å². The van der Waals surface area contributed by atoms with Gasteiger partial charge in [-0.25, -0.2) is 0 Å². The summed E-state index contributed by atoms with van der Waals surface area (Å²) < 4.78 is 45.8. The molecule has 0 spiro atoms. The van der Waals surface area contributed by atoms with Gasteiger partial charge in [0.1, 0.15) is 5.75 Å². The maximum atomic E-state index is 13.3. The molecule has 1 aliphatic rings. The largest absolute Gasteiger partial charge is 0.543 e. The molecule has 0 N–H and O–H groups in total. The van der Waals surface area contributed by atoms with Crippen LogP contribution in [0.15, 0.2) is 12.1 Å². The fraction of sp³-hybridized carbons (Fsp3) is 0.562. The number of Topliss-reactive ketones (excluding diaryl/α,β-unsaturated/α-hetero) is 1. The van der Waals surface area contributed by atoms with Crippen LogP contribution in [0.25, 0.3) is 0 Å². The van der Waals surface area contributed by atoms with Gasteiger partial charge in [-0.3, -0.25) is 4.79 Å². The number of rotatable bonds is 2. The maximum absolute atomic E-state index is 13.3. The van der Waals surface area contributed by atoms with Gasteiger partial charge in [-0.15, -0.1) is 0 Å². The second-order valence-corrected chi connectivity index (χ2v) is 12.0. The van der Waals surface area contributed by atoms with E-state index in [1.54, 1.807) is 6.07 Å². The summed E-state index contributed by atoms with van der Waals surface area (Å²) in [5.41, 5.74) is -0.579. The number of hydrogen-bond acceptors (Lipinski definition) is 2. The van der Waals surface area contributed by atoms with Crippen molar-refractivity contribution < 1.29 is 22.4 Å². The normalized spacial score (nSPS) is 15.9. The van der Waals surface area contributed by atoms with Crippen LogP contribution in [-0.4, -0.2) is 14.1 Å². The zero-order valence-corrected chi connectivity index (χ0v) is 14.5. The smallest absolute Gasteiger partial charge is 0.417 e. The van der Waals surface area contributed by atoms with Crippen LogP contribution in [0.1, 0.15) is 48.7 Å². The molecule has 0 aromatic heterocycles. The van der Waals surface area contributed by atoms with E-state index in [9.17, 15) is 18.0 Å². The Kier molecular flexibility index (Phi) is 3.96. The first-order valence-corrected chi connectivity index (χ1v) is 10.2. The molecule has 0 heterocycles. The number of hydrogen-bond donors (Lipinski definition) is 0. The van der Waals surface area contributed by atoms with Gasteiger partial charge in [0.25, 0.3) is 0 Å². The van der Waals surface area contributed by atoms with Crippen LogP contribution in [0.2, 0.25) is 18.1 Å². The number of fused-ring (bicyclic) bond motifs is 1. The molecule has 22 heavy (non-hydrogen) atoms. The number of ketones is 1. The Morgan fingerprint density at radius 3 is 2.18 bits per heavy atom. The SMILES string of the molecule is CC(C)(C)[Si](C)(C)Oc1cc2c(c(C(F)(F)F)c1)C(=O)CC2. The fourth-order valence-corrected chi connectivity index (χ4v) is 3.32. The number of carbonyl (C=O) groups is 1. The molecule has 0 bridgehead atoms. The lowest BCUT2D eigenvalue weighted by Gasteiger charge is -2.36. The van der Waals surface area contributed by atoms with Crippen LogP contribution < -0.4 is 4.43 Å². The lowest BCUT2D eigenvalue weighted by atomic mass is 10.0. The van der Waals surface area contributed by atoms with Gasteiger partial charge >= 0.3 is 6.18 Å². The van der Waals surface area contributed by atoms with Crippen molar-refractivity contribution in [3.8, 4) is 5.75 Å². The summed E-state index contributed by atoms with van der Waals surface area (Å²) in [5.74, 6) is -0.200. The van der Waals surface area contributed by atoms with E-state index in [0.717, 1.165) is 6.07 Å². The summed E-state index contributed by atoms with van der Waals surface area (Å²) in [6.07, 6.45) is -4.05. The molecule has 0 fully saturated rings. The lowest BCUT2D eigenvalue weighted by Crippen LogP contribution is -2.43. The Labute approximate surface area is 129 Å². The van der Waals surface area contributed by atoms with Crippen LogP contribution >= 0.6 is 0 Å². The molecule has 0 radical (unpaired) electrons. The second kappa shape index (κ2) is 5.11. The minimum absolute atomic E-state index is 0.111. The van der Waals surface area contributed by atoms with Crippen LogP contribution in [0.4, 0.5) is 13.2 Å². The van der Waals surface area contributed by atoms with Crippen LogP contribution in [0, 0.1) is 0 Å². The predicted octanol–water partition coefficient (Wildman–Crippen LogP) is 5.22.